The van der Waals surface area contributed by atoms with Gasteiger partial charge in [0.25, 0.3) is 5.56 Å². The van der Waals surface area contributed by atoms with E-state index in [1.54, 1.807) is 6.92 Å². The Balaban J connectivity index is 0.000000829. The van der Waals surface area contributed by atoms with Gasteiger partial charge in [-0.05, 0) is 19.8 Å². The maximum atomic E-state index is 11.5. The second kappa shape index (κ2) is 9.50. The zero-order valence-corrected chi connectivity index (χ0v) is 13.0. The van der Waals surface area contributed by atoms with E-state index in [1.807, 2.05) is 27.7 Å². The molecule has 0 aliphatic carbocycles. The summed E-state index contributed by atoms with van der Waals surface area (Å²) < 4.78 is 6.83. The highest BCUT2D eigenvalue weighted by Gasteiger charge is 2.26. The second-order valence-corrected chi connectivity index (χ2v) is 3.95. The molecule has 0 aromatic carbocycles. The van der Waals surface area contributed by atoms with Crippen LogP contribution < -0.4 is 11.2 Å². The first-order valence-electron chi connectivity index (χ1n) is 7.20. The molecule has 6 nitrogen and oxygen atoms in total. The van der Waals surface area contributed by atoms with Crippen LogP contribution in [0, 0.1) is 6.92 Å². The molecule has 20 heavy (non-hydrogen) atoms. The third-order valence-corrected chi connectivity index (χ3v) is 2.74. The zero-order valence-electron chi connectivity index (χ0n) is 13.0. The van der Waals surface area contributed by atoms with Crippen LogP contribution >= 0.6 is 0 Å². The quantitative estimate of drug-likeness (QED) is 0.864. The highest BCUT2D eigenvalue weighted by Crippen LogP contribution is 2.26. The Hall–Kier alpha value is -1.40. The van der Waals surface area contributed by atoms with Gasteiger partial charge in [-0.25, -0.2) is 4.79 Å². The van der Waals surface area contributed by atoms with Gasteiger partial charge in [0.15, 0.2) is 0 Å². The molecule has 6 heteroatoms. The van der Waals surface area contributed by atoms with Crippen molar-refractivity contribution in [3.8, 4) is 0 Å². The normalized spacial score (nSPS) is 20.5. The van der Waals surface area contributed by atoms with Crippen molar-refractivity contribution in [2.45, 2.75) is 59.8 Å². The minimum Gasteiger partial charge on any atom is -0.394 e. The maximum absolute atomic E-state index is 11.5. The van der Waals surface area contributed by atoms with Crippen LogP contribution in [0.25, 0.3) is 0 Å². The molecule has 2 atom stereocenters. The van der Waals surface area contributed by atoms with Crippen LogP contribution in [0.5, 0.6) is 0 Å². The van der Waals surface area contributed by atoms with E-state index in [0.29, 0.717) is 18.4 Å². The van der Waals surface area contributed by atoms with Crippen LogP contribution in [0.1, 0.15) is 52.3 Å². The van der Waals surface area contributed by atoms with E-state index in [9.17, 15) is 9.59 Å². The fraction of sp³-hybridized carbons (Fsp3) is 0.714. The molecule has 2 rings (SSSR count). The SMILES string of the molecule is CC.CC.Cc1cn(C2CCC(CO)O2)c(=O)[nH]c1=O. The summed E-state index contributed by atoms with van der Waals surface area (Å²) in [5.41, 5.74) is -0.382. The van der Waals surface area contributed by atoms with Gasteiger partial charge in [-0.15, -0.1) is 0 Å². The maximum Gasteiger partial charge on any atom is 0.330 e. The Morgan fingerprint density at radius 1 is 1.30 bits per heavy atom. The predicted octanol–water partition coefficient (Wildman–Crippen LogP) is 1.57. The van der Waals surface area contributed by atoms with Gasteiger partial charge >= 0.3 is 5.69 Å². The topological polar surface area (TPSA) is 84.3 Å². The van der Waals surface area contributed by atoms with E-state index in [0.717, 1.165) is 0 Å². The summed E-state index contributed by atoms with van der Waals surface area (Å²) in [6, 6.07) is 0. The van der Waals surface area contributed by atoms with Crippen molar-refractivity contribution in [3.05, 3.63) is 32.6 Å². The van der Waals surface area contributed by atoms with E-state index in [-0.39, 0.29) is 24.5 Å². The lowest BCUT2D eigenvalue weighted by Gasteiger charge is -2.14. The van der Waals surface area contributed by atoms with Gasteiger partial charge in [-0.3, -0.25) is 14.3 Å². The number of rotatable bonds is 2. The summed E-state index contributed by atoms with van der Waals surface area (Å²) >= 11 is 0. The molecule has 1 aliphatic rings. The lowest BCUT2D eigenvalue weighted by molar-refractivity contribution is -0.0247. The van der Waals surface area contributed by atoms with E-state index in [4.69, 9.17) is 9.84 Å². The van der Waals surface area contributed by atoms with Crippen LogP contribution in [0.3, 0.4) is 0 Å². The highest BCUT2D eigenvalue weighted by molar-refractivity contribution is 5.01. The molecule has 0 amide bonds. The number of aromatic amines is 1. The molecule has 1 aliphatic heterocycles. The van der Waals surface area contributed by atoms with Crippen LogP contribution in [0.2, 0.25) is 0 Å². The fourth-order valence-corrected chi connectivity index (χ4v) is 1.83. The van der Waals surface area contributed by atoms with Crippen LogP contribution in [-0.4, -0.2) is 27.4 Å². The van der Waals surface area contributed by atoms with E-state index < -0.39 is 5.69 Å². The fourth-order valence-electron chi connectivity index (χ4n) is 1.83. The number of nitrogens with one attached hydrogen (secondary N) is 1. The summed E-state index contributed by atoms with van der Waals surface area (Å²) in [7, 11) is 0. The Bertz CT molecular complexity index is 493. The first-order chi connectivity index (χ1) is 9.61. The number of ether oxygens (including phenoxy) is 1. The Morgan fingerprint density at radius 3 is 2.40 bits per heavy atom. The van der Waals surface area contributed by atoms with Gasteiger partial charge in [0, 0.05) is 11.8 Å². The lowest BCUT2D eigenvalue weighted by Crippen LogP contribution is -2.33. The Labute approximate surface area is 119 Å². The number of aryl methyl sites for hydroxylation is 1. The van der Waals surface area contributed by atoms with E-state index >= 15 is 0 Å². The Morgan fingerprint density at radius 2 is 1.90 bits per heavy atom. The van der Waals surface area contributed by atoms with Crippen molar-refractivity contribution in [1.82, 2.24) is 9.55 Å². The number of H-pyrrole nitrogens is 1. The molecule has 1 saturated heterocycles. The number of hydrogen-bond donors (Lipinski definition) is 2. The van der Waals surface area contributed by atoms with Crippen LogP contribution in [-0.2, 0) is 4.74 Å². The van der Waals surface area contributed by atoms with Crippen molar-refractivity contribution < 1.29 is 9.84 Å². The summed E-state index contributed by atoms with van der Waals surface area (Å²) in [4.78, 5) is 24.9. The molecule has 2 unspecified atom stereocenters. The van der Waals surface area contributed by atoms with Gasteiger partial charge in [-0.2, -0.15) is 0 Å². The number of nitrogens with zero attached hydrogens (tertiary/aromatic N) is 1. The lowest BCUT2D eigenvalue weighted by atomic mass is 10.2. The van der Waals surface area contributed by atoms with Crippen molar-refractivity contribution in [3.63, 3.8) is 0 Å². The smallest absolute Gasteiger partial charge is 0.330 e. The molecule has 0 radical (unpaired) electrons. The molecule has 1 fully saturated rings. The van der Waals surface area contributed by atoms with Gasteiger partial charge < -0.3 is 9.84 Å². The summed E-state index contributed by atoms with van der Waals surface area (Å²) in [6.07, 6.45) is 2.26. The second-order valence-electron chi connectivity index (χ2n) is 3.95. The molecular weight excluding hydrogens is 260 g/mol. The average molecular weight is 286 g/mol. The van der Waals surface area contributed by atoms with Crippen molar-refractivity contribution >= 4 is 0 Å². The van der Waals surface area contributed by atoms with Crippen LogP contribution in [0.15, 0.2) is 15.8 Å². The van der Waals surface area contributed by atoms with Gasteiger partial charge in [0.05, 0.1) is 12.7 Å². The molecule has 1 aromatic rings. The summed E-state index contributed by atoms with van der Waals surface area (Å²) in [5, 5.41) is 8.93. The first-order valence-corrected chi connectivity index (χ1v) is 7.20. The van der Waals surface area contributed by atoms with Gasteiger partial charge in [0.2, 0.25) is 0 Å². The Kier molecular flexibility index (Phi) is 8.83. The van der Waals surface area contributed by atoms with Crippen LogP contribution in [0.4, 0.5) is 0 Å². The predicted molar refractivity (Wildman–Crippen MR) is 79.0 cm³/mol. The van der Waals surface area contributed by atoms with Crippen molar-refractivity contribution in [2.75, 3.05) is 6.61 Å². The molecule has 0 saturated carbocycles. The number of hydrogen-bond acceptors (Lipinski definition) is 4. The average Bonchev–Trinajstić information content (AvgIpc) is 2.96. The first kappa shape index (κ1) is 18.6. The third-order valence-electron chi connectivity index (χ3n) is 2.74. The highest BCUT2D eigenvalue weighted by atomic mass is 16.5. The summed E-state index contributed by atoms with van der Waals surface area (Å²) in [5.74, 6) is 0. The van der Waals surface area contributed by atoms with Gasteiger partial charge in [-0.1, -0.05) is 27.7 Å². The summed E-state index contributed by atoms with van der Waals surface area (Å²) in [6.45, 7) is 9.58. The number of aliphatic hydroxyl groups is 1. The third kappa shape index (κ3) is 4.61. The number of aromatic nitrogens is 2. The molecule has 1 aromatic heterocycles. The van der Waals surface area contributed by atoms with Crippen molar-refractivity contribution in [1.29, 1.82) is 0 Å². The molecule has 0 spiro atoms. The molecule has 2 N–H and O–H groups in total. The number of aliphatic hydroxyl groups excluding tert-OH is 1. The molecule has 116 valence electrons. The minimum absolute atomic E-state index is 0.0480. The zero-order chi connectivity index (χ0) is 15.7. The molecule has 2 heterocycles. The van der Waals surface area contributed by atoms with E-state index in [2.05, 4.69) is 4.98 Å². The van der Waals surface area contributed by atoms with E-state index in [1.165, 1.54) is 10.8 Å². The minimum atomic E-state index is -0.473. The van der Waals surface area contributed by atoms with Gasteiger partial charge in [0.1, 0.15) is 6.23 Å². The largest absolute Gasteiger partial charge is 0.394 e. The monoisotopic (exact) mass is 286 g/mol. The molecule has 0 bridgehead atoms. The molecular formula is C14H26N2O4. The van der Waals surface area contributed by atoms with Crippen molar-refractivity contribution in [2.24, 2.45) is 0 Å². The standard InChI is InChI=1S/C10H14N2O4.2C2H6/c1-6-4-12(10(15)11-9(6)14)8-3-2-7(5-13)16-8;2*1-2/h4,7-8,13H,2-3,5H2,1H3,(H,11,14,15);2*1-2H3.